The van der Waals surface area contributed by atoms with Gasteiger partial charge < -0.3 is 15.7 Å². The van der Waals surface area contributed by atoms with Crippen LogP contribution < -0.4 is 10.6 Å². The molecule has 0 unspecified atom stereocenters. The Balaban J connectivity index is 1.87. The molecule has 0 saturated heterocycles. The Bertz CT molecular complexity index is 905. The van der Waals surface area contributed by atoms with Gasteiger partial charge in [-0.05, 0) is 44.4 Å². The number of rotatable bonds is 6. The van der Waals surface area contributed by atoms with Crippen molar-refractivity contribution in [3.05, 3.63) is 47.2 Å². The van der Waals surface area contributed by atoms with E-state index in [0.29, 0.717) is 21.9 Å². The Kier molecular flexibility index (Phi) is 5.15. The number of fused-ring (bicyclic) bond motifs is 1. The van der Waals surface area contributed by atoms with Crippen LogP contribution in [0.5, 0.6) is 0 Å². The molecule has 3 heterocycles. The van der Waals surface area contributed by atoms with Crippen LogP contribution in [0, 0.1) is 0 Å². The topological polar surface area (TPSA) is 100 Å². The zero-order valence-corrected chi connectivity index (χ0v) is 15.7. The van der Waals surface area contributed by atoms with Gasteiger partial charge in [-0.15, -0.1) is 11.3 Å². The monoisotopic (exact) mass is 371 g/mol. The molecule has 0 spiro atoms. The van der Waals surface area contributed by atoms with Crippen LogP contribution in [0.25, 0.3) is 10.2 Å². The number of thiophene rings is 1. The molecule has 0 radical (unpaired) electrons. The van der Waals surface area contributed by atoms with E-state index in [9.17, 15) is 9.90 Å². The van der Waals surface area contributed by atoms with Crippen molar-refractivity contribution in [3.63, 3.8) is 0 Å². The molecule has 0 aromatic carbocycles. The first-order chi connectivity index (χ1) is 12.3. The maximum Gasteiger partial charge on any atom is 0.271 e. The summed E-state index contributed by atoms with van der Waals surface area (Å²) in [7, 11) is 0. The number of anilines is 1. The van der Waals surface area contributed by atoms with Crippen molar-refractivity contribution in [1.82, 2.24) is 20.3 Å². The Morgan fingerprint density at radius 2 is 2.12 bits per heavy atom. The van der Waals surface area contributed by atoms with Crippen molar-refractivity contribution in [3.8, 4) is 0 Å². The van der Waals surface area contributed by atoms with Crippen molar-refractivity contribution in [2.24, 2.45) is 0 Å². The highest BCUT2D eigenvalue weighted by Gasteiger charge is 2.20. The van der Waals surface area contributed by atoms with Gasteiger partial charge in [0.25, 0.3) is 5.91 Å². The summed E-state index contributed by atoms with van der Waals surface area (Å²) in [5.41, 5.74) is 0.861. The number of aliphatic hydroxyl groups is 1. The first kappa shape index (κ1) is 18.2. The molecule has 3 aromatic rings. The van der Waals surface area contributed by atoms with Crippen molar-refractivity contribution < 1.29 is 9.90 Å². The minimum absolute atomic E-state index is 0.112. The van der Waals surface area contributed by atoms with E-state index >= 15 is 0 Å². The van der Waals surface area contributed by atoms with Crippen LogP contribution in [-0.4, -0.2) is 38.1 Å². The molecule has 7 nitrogen and oxygen atoms in total. The number of pyridine rings is 1. The number of nitrogens with zero attached hydrogens (tertiary/aromatic N) is 3. The molecule has 1 amide bonds. The fourth-order valence-electron chi connectivity index (χ4n) is 2.36. The summed E-state index contributed by atoms with van der Waals surface area (Å²) in [4.78, 5) is 25.8. The van der Waals surface area contributed by atoms with Crippen LogP contribution in [-0.2, 0) is 0 Å². The van der Waals surface area contributed by atoms with E-state index in [1.165, 1.54) is 11.3 Å². The standard InChI is InChI=1S/C18H21N5O2S/c1-11(12-6-4-5-8-19-12)21-17-22-13-7-9-26-15(13)14(23-17)16(24)20-10-18(2,3)25/h4-9,11,25H,10H2,1-3H3,(H,20,24)(H,21,22,23)/t11-/m0/s1. The SMILES string of the molecule is C[C@H](Nc1nc(C(=O)NCC(C)(C)O)c2sccc2n1)c1ccccn1. The maximum absolute atomic E-state index is 12.6. The molecule has 3 N–H and O–H groups in total. The van der Waals surface area contributed by atoms with Crippen LogP contribution in [0.2, 0.25) is 0 Å². The number of carbonyl (C=O) groups excluding carboxylic acids is 1. The number of amides is 1. The normalized spacial score (nSPS) is 12.8. The highest BCUT2D eigenvalue weighted by atomic mass is 32.1. The average Bonchev–Trinajstić information content (AvgIpc) is 3.07. The van der Waals surface area contributed by atoms with Gasteiger partial charge in [0.2, 0.25) is 5.95 Å². The second-order valence-electron chi connectivity index (χ2n) is 6.65. The average molecular weight is 371 g/mol. The van der Waals surface area contributed by atoms with Crippen molar-refractivity contribution in [2.75, 3.05) is 11.9 Å². The lowest BCUT2D eigenvalue weighted by Crippen LogP contribution is -2.38. The third-order valence-corrected chi connectivity index (χ3v) is 4.59. The fourth-order valence-corrected chi connectivity index (χ4v) is 3.18. The summed E-state index contributed by atoms with van der Waals surface area (Å²) in [5.74, 6) is 0.0259. The first-order valence-electron chi connectivity index (χ1n) is 8.27. The summed E-state index contributed by atoms with van der Waals surface area (Å²) >= 11 is 1.41. The second-order valence-corrected chi connectivity index (χ2v) is 7.56. The Labute approximate surface area is 155 Å². The number of hydrogen-bond acceptors (Lipinski definition) is 7. The van der Waals surface area contributed by atoms with E-state index in [2.05, 4.69) is 25.6 Å². The molecule has 0 fully saturated rings. The van der Waals surface area contributed by atoms with Crippen LogP contribution >= 0.6 is 11.3 Å². The van der Waals surface area contributed by atoms with E-state index in [1.807, 2.05) is 36.6 Å². The van der Waals surface area contributed by atoms with E-state index < -0.39 is 5.60 Å². The molecular formula is C18H21N5O2S. The van der Waals surface area contributed by atoms with Crippen molar-refractivity contribution >= 4 is 33.4 Å². The molecule has 136 valence electrons. The number of carbonyl (C=O) groups is 1. The van der Waals surface area contributed by atoms with Gasteiger partial charge in [-0.1, -0.05) is 6.07 Å². The van der Waals surface area contributed by atoms with Crippen LogP contribution in [0.15, 0.2) is 35.8 Å². The molecule has 0 aliphatic rings. The Morgan fingerprint density at radius 3 is 2.81 bits per heavy atom. The smallest absolute Gasteiger partial charge is 0.271 e. The van der Waals surface area contributed by atoms with Gasteiger partial charge in [-0.2, -0.15) is 0 Å². The maximum atomic E-state index is 12.6. The van der Waals surface area contributed by atoms with Gasteiger partial charge >= 0.3 is 0 Å². The van der Waals surface area contributed by atoms with Crippen LogP contribution in [0.1, 0.15) is 43.0 Å². The van der Waals surface area contributed by atoms with Gasteiger partial charge in [0.1, 0.15) is 0 Å². The number of aromatic nitrogens is 3. The summed E-state index contributed by atoms with van der Waals surface area (Å²) in [6.45, 7) is 5.36. The predicted octanol–water partition coefficient (Wildman–Crippen LogP) is 2.76. The lowest BCUT2D eigenvalue weighted by atomic mass is 10.1. The molecule has 3 aromatic heterocycles. The zero-order valence-electron chi connectivity index (χ0n) is 14.9. The van der Waals surface area contributed by atoms with Gasteiger partial charge in [-0.25, -0.2) is 9.97 Å². The summed E-state index contributed by atoms with van der Waals surface area (Å²) < 4.78 is 0.717. The molecular weight excluding hydrogens is 350 g/mol. The third kappa shape index (κ3) is 4.33. The van der Waals surface area contributed by atoms with Gasteiger partial charge in [0.15, 0.2) is 5.69 Å². The van der Waals surface area contributed by atoms with E-state index in [4.69, 9.17) is 0 Å². The number of hydrogen-bond donors (Lipinski definition) is 3. The molecule has 8 heteroatoms. The fraction of sp³-hybridized carbons (Fsp3) is 0.333. The zero-order chi connectivity index (χ0) is 18.7. The summed E-state index contributed by atoms with van der Waals surface area (Å²) in [6, 6.07) is 7.43. The molecule has 26 heavy (non-hydrogen) atoms. The third-order valence-electron chi connectivity index (χ3n) is 3.68. The molecule has 0 saturated carbocycles. The highest BCUT2D eigenvalue weighted by Crippen LogP contribution is 2.25. The Morgan fingerprint density at radius 1 is 1.31 bits per heavy atom. The minimum Gasteiger partial charge on any atom is -0.389 e. The number of nitrogens with one attached hydrogen (secondary N) is 2. The first-order valence-corrected chi connectivity index (χ1v) is 9.15. The van der Waals surface area contributed by atoms with Gasteiger partial charge in [0.05, 0.1) is 27.6 Å². The summed E-state index contributed by atoms with van der Waals surface area (Å²) in [5, 5.41) is 17.6. The highest BCUT2D eigenvalue weighted by molar-refractivity contribution is 7.17. The van der Waals surface area contributed by atoms with E-state index in [0.717, 1.165) is 5.69 Å². The van der Waals surface area contributed by atoms with Crippen LogP contribution in [0.4, 0.5) is 5.95 Å². The Hall–Kier alpha value is -2.58. The quantitative estimate of drug-likeness (QED) is 0.616. The molecule has 0 aliphatic heterocycles. The lowest BCUT2D eigenvalue weighted by molar-refractivity contribution is 0.0693. The second kappa shape index (κ2) is 7.35. The van der Waals surface area contributed by atoms with E-state index in [-0.39, 0.29) is 18.5 Å². The molecule has 1 atom stereocenters. The largest absolute Gasteiger partial charge is 0.389 e. The molecule has 0 bridgehead atoms. The van der Waals surface area contributed by atoms with Crippen molar-refractivity contribution in [2.45, 2.75) is 32.4 Å². The predicted molar refractivity (Wildman–Crippen MR) is 102 cm³/mol. The minimum atomic E-state index is -0.994. The van der Waals surface area contributed by atoms with E-state index in [1.54, 1.807) is 20.0 Å². The van der Waals surface area contributed by atoms with Crippen molar-refractivity contribution in [1.29, 1.82) is 0 Å². The lowest BCUT2D eigenvalue weighted by Gasteiger charge is -2.18. The van der Waals surface area contributed by atoms with Gasteiger partial charge in [0, 0.05) is 12.7 Å². The summed E-state index contributed by atoms with van der Waals surface area (Å²) in [6.07, 6.45) is 1.73. The van der Waals surface area contributed by atoms with Gasteiger partial charge in [-0.3, -0.25) is 9.78 Å². The molecule has 0 aliphatic carbocycles. The van der Waals surface area contributed by atoms with Crippen LogP contribution in [0.3, 0.4) is 0 Å². The molecule has 3 rings (SSSR count).